The predicted octanol–water partition coefficient (Wildman–Crippen LogP) is 3.71. The van der Waals surface area contributed by atoms with Crippen LogP contribution in [0.2, 0.25) is 0 Å². The van der Waals surface area contributed by atoms with Gasteiger partial charge in [-0.1, -0.05) is 0 Å². The Labute approximate surface area is 251 Å². The van der Waals surface area contributed by atoms with E-state index < -0.39 is 5.97 Å². The van der Waals surface area contributed by atoms with Gasteiger partial charge in [0.05, 0.1) is 5.56 Å². The van der Waals surface area contributed by atoms with Crippen LogP contribution in [-0.2, 0) is 23.1 Å². The number of benzene rings is 2. The Morgan fingerprint density at radius 2 is 1.98 bits per heavy atom. The van der Waals surface area contributed by atoms with Crippen LogP contribution in [0.1, 0.15) is 58.2 Å². The summed E-state index contributed by atoms with van der Waals surface area (Å²) in [5.74, 6) is 1.21. The molecule has 0 aliphatic carbocycles. The zero-order valence-electron chi connectivity index (χ0n) is 23.5. The molecule has 0 unspecified atom stereocenters. The number of nitrogens with zero attached hydrogens (tertiary/aromatic N) is 5. The molecule has 0 radical (unpaired) electrons. The first-order chi connectivity index (χ1) is 20.5. The molecule has 0 saturated carbocycles. The zero-order chi connectivity index (χ0) is 29.1. The van der Waals surface area contributed by atoms with E-state index in [-0.39, 0.29) is 26.6 Å². The average Bonchev–Trinajstić information content (AvgIpc) is 3.34. The van der Waals surface area contributed by atoms with Gasteiger partial charge in [-0.2, -0.15) is 0 Å². The summed E-state index contributed by atoms with van der Waals surface area (Å²) in [6.07, 6.45) is 3.22. The van der Waals surface area contributed by atoms with Crippen LogP contribution in [0.3, 0.4) is 0 Å². The van der Waals surface area contributed by atoms with Crippen molar-refractivity contribution in [1.29, 1.82) is 5.26 Å². The minimum absolute atomic E-state index is 0.151. The van der Waals surface area contributed by atoms with E-state index in [4.69, 9.17) is 19.4 Å². The van der Waals surface area contributed by atoms with Gasteiger partial charge in [-0.25, -0.2) is 4.79 Å². The normalized spacial score (nSPS) is 17.6. The average molecular weight is 631 g/mol. The number of hydrogen-bond acceptors (Lipinski definition) is 7. The van der Waals surface area contributed by atoms with Crippen molar-refractivity contribution in [3.05, 3.63) is 82.8 Å². The number of carboxylic acids is 1. The SMILES string of the molecule is COc1cc(C#N)ccc1C[Se]c1cccc(C2CCN(Cc3nc4ccc(C(=O)O)cc4n3C[C@@H]3CCO3)CC2)n1. The Kier molecular flexibility index (Phi) is 8.54. The number of methoxy groups -OCH3 is 1. The zero-order valence-corrected chi connectivity index (χ0v) is 25.2. The van der Waals surface area contributed by atoms with Crippen LogP contribution in [-0.4, -0.2) is 78.4 Å². The summed E-state index contributed by atoms with van der Waals surface area (Å²) in [7, 11) is 1.64. The van der Waals surface area contributed by atoms with Crippen molar-refractivity contribution in [1.82, 2.24) is 19.4 Å². The van der Waals surface area contributed by atoms with Gasteiger partial charge in [0.15, 0.2) is 0 Å². The molecule has 2 aliphatic heterocycles. The Bertz CT molecular complexity index is 1640. The van der Waals surface area contributed by atoms with Gasteiger partial charge < -0.3 is 9.84 Å². The fraction of sp³-hybridized carbons (Fsp3) is 0.375. The molecule has 10 heteroatoms. The Balaban J connectivity index is 1.10. The van der Waals surface area contributed by atoms with Crippen molar-refractivity contribution >= 4 is 36.6 Å². The number of aromatic nitrogens is 3. The van der Waals surface area contributed by atoms with Crippen LogP contribution in [0, 0.1) is 11.3 Å². The van der Waals surface area contributed by atoms with Gasteiger partial charge >= 0.3 is 212 Å². The molecule has 2 aromatic carbocycles. The van der Waals surface area contributed by atoms with Gasteiger partial charge in [-0.15, -0.1) is 0 Å². The van der Waals surface area contributed by atoms with E-state index in [0.29, 0.717) is 18.0 Å². The fourth-order valence-corrected chi connectivity index (χ4v) is 7.53. The molecule has 4 aromatic rings. The van der Waals surface area contributed by atoms with Crippen molar-refractivity contribution in [3.63, 3.8) is 0 Å². The van der Waals surface area contributed by atoms with E-state index in [2.05, 4.69) is 33.7 Å². The molecular formula is C32H33N5O4Se. The summed E-state index contributed by atoms with van der Waals surface area (Å²) in [5, 5.41) is 19.5. The molecule has 42 heavy (non-hydrogen) atoms. The van der Waals surface area contributed by atoms with Gasteiger partial charge in [0.2, 0.25) is 0 Å². The van der Waals surface area contributed by atoms with Crippen molar-refractivity contribution in [2.24, 2.45) is 0 Å². The van der Waals surface area contributed by atoms with Crippen LogP contribution in [0.15, 0.2) is 54.6 Å². The summed E-state index contributed by atoms with van der Waals surface area (Å²) >= 11 is 0.155. The van der Waals surface area contributed by atoms with Crippen LogP contribution in [0.5, 0.6) is 5.75 Å². The number of likely N-dealkylation sites (tertiary alicyclic amines) is 1. The molecule has 1 N–H and O–H groups in total. The third-order valence-corrected chi connectivity index (χ3v) is 10.2. The first-order valence-electron chi connectivity index (χ1n) is 14.2. The predicted molar refractivity (Wildman–Crippen MR) is 159 cm³/mol. The van der Waals surface area contributed by atoms with Crippen LogP contribution < -0.4 is 9.33 Å². The number of hydrogen-bond donors (Lipinski definition) is 1. The summed E-state index contributed by atoms with van der Waals surface area (Å²) in [6, 6.07) is 19.3. The van der Waals surface area contributed by atoms with Gasteiger partial charge in [0.1, 0.15) is 0 Å². The van der Waals surface area contributed by atoms with Crippen molar-refractivity contribution in [2.45, 2.75) is 49.7 Å². The second-order valence-corrected chi connectivity index (χ2v) is 12.9. The number of nitriles is 1. The van der Waals surface area contributed by atoms with Crippen LogP contribution in [0.4, 0.5) is 0 Å². The monoisotopic (exact) mass is 631 g/mol. The third kappa shape index (κ3) is 6.20. The maximum atomic E-state index is 11.6. The number of piperidine rings is 1. The molecule has 0 bridgehead atoms. The van der Waals surface area contributed by atoms with Gasteiger partial charge in [-0.05, 0) is 12.5 Å². The number of fused-ring (bicyclic) bond motifs is 1. The standard InChI is InChI=1S/C32H33N5O4Se/c1-40-29-15-21(17-33)5-6-24(29)20-42-31-4-2-3-26(35-31)22-9-12-36(13-10-22)19-30-34-27-8-7-23(32(38)39)16-28(27)37(30)18-25-11-14-41-25/h2-8,15-16,22,25H,9-14,18-20H2,1H3,(H,38,39)/t25-/m0/s1. The molecule has 2 saturated heterocycles. The van der Waals surface area contributed by atoms with Crippen molar-refractivity contribution in [3.8, 4) is 11.8 Å². The van der Waals surface area contributed by atoms with Gasteiger partial charge in [0, 0.05) is 6.61 Å². The molecule has 0 spiro atoms. The third-order valence-electron chi connectivity index (χ3n) is 8.16. The second kappa shape index (κ2) is 12.6. The summed E-state index contributed by atoms with van der Waals surface area (Å²) in [4.78, 5) is 24.0. The number of pyridine rings is 1. The number of aromatic carboxylic acids is 1. The van der Waals surface area contributed by atoms with Crippen molar-refractivity contribution < 1.29 is 19.4 Å². The molecule has 0 amide bonds. The molecule has 9 nitrogen and oxygen atoms in total. The molecule has 6 rings (SSSR count). The summed E-state index contributed by atoms with van der Waals surface area (Å²) < 4.78 is 14.5. The molecule has 1 atom stereocenters. The van der Waals surface area contributed by atoms with E-state index in [1.54, 1.807) is 25.3 Å². The Hall–Kier alpha value is -3.74. The first kappa shape index (κ1) is 28.4. The quantitative estimate of drug-likeness (QED) is 0.264. The molecule has 4 heterocycles. The topological polar surface area (TPSA) is 114 Å². The number of carbonyl (C=O) groups is 1. The molecule has 2 fully saturated rings. The van der Waals surface area contributed by atoms with Gasteiger partial charge in [-0.3, -0.25) is 0 Å². The van der Waals surface area contributed by atoms with E-state index >= 15 is 0 Å². The molecule has 2 aromatic heterocycles. The van der Waals surface area contributed by atoms with E-state index in [9.17, 15) is 15.2 Å². The number of rotatable bonds is 10. The number of carboxylic acid groups (broad SMARTS) is 1. The molecule has 2 aliphatic rings. The van der Waals surface area contributed by atoms with E-state index in [1.807, 2.05) is 18.2 Å². The Morgan fingerprint density at radius 1 is 1.14 bits per heavy atom. The van der Waals surface area contributed by atoms with Crippen LogP contribution >= 0.6 is 0 Å². The minimum atomic E-state index is -0.930. The van der Waals surface area contributed by atoms with E-state index in [1.165, 1.54) is 0 Å². The fourth-order valence-electron chi connectivity index (χ4n) is 5.67. The first-order valence-corrected chi connectivity index (χ1v) is 16.3. The molecular weight excluding hydrogens is 597 g/mol. The van der Waals surface area contributed by atoms with Gasteiger partial charge in [0.25, 0.3) is 0 Å². The van der Waals surface area contributed by atoms with E-state index in [0.717, 1.165) is 89.3 Å². The maximum absolute atomic E-state index is 11.6. The summed E-state index contributed by atoms with van der Waals surface area (Å²) in [5.41, 5.74) is 4.83. The molecule has 216 valence electrons. The second-order valence-electron chi connectivity index (χ2n) is 10.8. The number of imidazole rings is 1. The van der Waals surface area contributed by atoms with Crippen molar-refractivity contribution in [2.75, 3.05) is 26.8 Å². The van der Waals surface area contributed by atoms with Crippen LogP contribution in [0.25, 0.3) is 11.0 Å². The number of ether oxygens (including phenoxy) is 2. The summed E-state index contributed by atoms with van der Waals surface area (Å²) in [6.45, 7) is 4.10. The Morgan fingerprint density at radius 3 is 2.69 bits per heavy atom.